The Morgan fingerprint density at radius 1 is 1.43 bits per heavy atom. The fourth-order valence-corrected chi connectivity index (χ4v) is 3.65. The quantitative estimate of drug-likeness (QED) is 0.786. The number of aromatic nitrogens is 1. The van der Waals surface area contributed by atoms with Crippen LogP contribution in [0.2, 0.25) is 0 Å². The van der Waals surface area contributed by atoms with E-state index in [4.69, 9.17) is 9.47 Å². The first-order valence-corrected chi connectivity index (χ1v) is 8.95. The second-order valence-corrected chi connectivity index (χ2v) is 7.04. The Bertz CT molecular complexity index is 715. The number of ether oxygens (including phenoxy) is 2. The Morgan fingerprint density at radius 2 is 2.35 bits per heavy atom. The molecule has 2 aliphatic rings. The number of hydrogen-bond donors (Lipinski definition) is 1. The number of nitrogens with zero attached hydrogens (tertiary/aromatic N) is 1. The van der Waals surface area contributed by atoms with Crippen LogP contribution in [0.15, 0.2) is 57.6 Å². The van der Waals surface area contributed by atoms with E-state index in [-0.39, 0.29) is 23.2 Å². The molecule has 0 radical (unpaired) electrons. The zero-order valence-corrected chi connectivity index (χ0v) is 13.9. The first kappa shape index (κ1) is 15.9. The monoisotopic (exact) mass is 349 g/mol. The normalized spacial score (nSPS) is 16.8. The van der Waals surface area contributed by atoms with Crippen LogP contribution >= 0.6 is 23.1 Å². The maximum atomic E-state index is 12.2. The maximum Gasteiger partial charge on any atom is 0.222 e. The lowest BCUT2D eigenvalue weighted by Crippen LogP contribution is -2.12. The van der Waals surface area contributed by atoms with Crippen molar-refractivity contribution in [3.05, 3.63) is 53.2 Å². The van der Waals surface area contributed by atoms with Gasteiger partial charge in [-0.25, -0.2) is 0 Å². The molecule has 1 aromatic rings. The minimum Gasteiger partial charge on any atom is -0.493 e. The third-order valence-corrected chi connectivity index (χ3v) is 5.20. The standard InChI is InChI=1S/C16H15NO4S2/c18-13(9-22-16-17-15(19)10-23-16)14-8-20-7-12(21-14)6-11-4-2-1-3-5-11/h1-2,4,7-8,10,19H,3,5-6,9H2. The van der Waals surface area contributed by atoms with Crippen molar-refractivity contribution in [2.24, 2.45) is 0 Å². The summed E-state index contributed by atoms with van der Waals surface area (Å²) >= 11 is 2.56. The van der Waals surface area contributed by atoms with Crippen molar-refractivity contribution in [2.75, 3.05) is 5.75 Å². The molecule has 0 aromatic carbocycles. The summed E-state index contributed by atoms with van der Waals surface area (Å²) in [5, 5.41) is 10.7. The number of thiazole rings is 1. The van der Waals surface area contributed by atoms with Crippen LogP contribution in [0.3, 0.4) is 0 Å². The lowest BCUT2D eigenvalue weighted by molar-refractivity contribution is -0.116. The van der Waals surface area contributed by atoms with Crippen LogP contribution in [0.4, 0.5) is 0 Å². The molecule has 0 amide bonds. The van der Waals surface area contributed by atoms with Crippen LogP contribution in [0.1, 0.15) is 19.3 Å². The first-order valence-electron chi connectivity index (χ1n) is 7.08. The van der Waals surface area contributed by atoms with Gasteiger partial charge in [-0.3, -0.25) is 4.79 Å². The summed E-state index contributed by atoms with van der Waals surface area (Å²) in [6.07, 6.45) is 11.7. The molecule has 0 saturated heterocycles. The van der Waals surface area contributed by atoms with E-state index in [0.29, 0.717) is 16.5 Å². The van der Waals surface area contributed by atoms with E-state index in [1.54, 1.807) is 0 Å². The molecule has 2 heterocycles. The van der Waals surface area contributed by atoms with Gasteiger partial charge in [0.25, 0.3) is 0 Å². The number of ketones is 1. The highest BCUT2D eigenvalue weighted by molar-refractivity contribution is 8.01. The van der Waals surface area contributed by atoms with Gasteiger partial charge in [0.1, 0.15) is 18.3 Å². The Morgan fingerprint density at radius 3 is 3.09 bits per heavy atom. The molecule has 1 aliphatic heterocycles. The van der Waals surface area contributed by atoms with Crippen molar-refractivity contribution in [3.63, 3.8) is 0 Å². The van der Waals surface area contributed by atoms with Crippen LogP contribution in [0, 0.1) is 0 Å². The Hall–Kier alpha value is -1.99. The second kappa shape index (κ2) is 7.52. The predicted molar refractivity (Wildman–Crippen MR) is 88.9 cm³/mol. The lowest BCUT2D eigenvalue weighted by atomic mass is 10.0. The van der Waals surface area contributed by atoms with Gasteiger partial charge in [0.2, 0.25) is 17.4 Å². The summed E-state index contributed by atoms with van der Waals surface area (Å²) in [4.78, 5) is 16.1. The summed E-state index contributed by atoms with van der Waals surface area (Å²) in [6.45, 7) is 0. The third kappa shape index (κ3) is 4.49. The number of carbonyl (C=O) groups is 1. The molecule has 0 atom stereocenters. The van der Waals surface area contributed by atoms with E-state index in [9.17, 15) is 9.90 Å². The average molecular weight is 349 g/mol. The number of carbonyl (C=O) groups excluding carboxylic acids is 1. The van der Waals surface area contributed by atoms with Crippen LogP contribution in [0.5, 0.6) is 5.88 Å². The van der Waals surface area contributed by atoms with Crippen molar-refractivity contribution in [1.29, 1.82) is 0 Å². The molecular formula is C16H15NO4S2. The zero-order valence-electron chi connectivity index (χ0n) is 12.2. The van der Waals surface area contributed by atoms with E-state index in [2.05, 4.69) is 17.1 Å². The van der Waals surface area contributed by atoms with Crippen molar-refractivity contribution in [1.82, 2.24) is 4.98 Å². The summed E-state index contributed by atoms with van der Waals surface area (Å²) in [5.74, 6) is 0.812. The highest BCUT2D eigenvalue weighted by atomic mass is 32.2. The van der Waals surface area contributed by atoms with Crippen LogP contribution in [-0.4, -0.2) is 21.6 Å². The van der Waals surface area contributed by atoms with E-state index < -0.39 is 0 Å². The van der Waals surface area contributed by atoms with Gasteiger partial charge in [-0.2, -0.15) is 4.98 Å². The highest BCUT2D eigenvalue weighted by Crippen LogP contribution is 2.28. The van der Waals surface area contributed by atoms with Gasteiger partial charge in [-0.05, 0) is 12.8 Å². The fraction of sp³-hybridized carbons (Fsp3) is 0.250. The SMILES string of the molecule is O=C(CSc1nc(O)cs1)C1=COC=C(CC2=CC=CCC2)O1. The molecule has 1 aromatic heterocycles. The summed E-state index contributed by atoms with van der Waals surface area (Å²) in [7, 11) is 0. The van der Waals surface area contributed by atoms with Gasteiger partial charge in [0.15, 0.2) is 4.34 Å². The largest absolute Gasteiger partial charge is 0.493 e. The minimum atomic E-state index is -0.173. The van der Waals surface area contributed by atoms with Gasteiger partial charge in [-0.15, -0.1) is 11.3 Å². The van der Waals surface area contributed by atoms with Gasteiger partial charge in [-0.1, -0.05) is 35.6 Å². The fourth-order valence-electron chi connectivity index (χ4n) is 2.10. The molecule has 7 heteroatoms. The number of allylic oxidation sites excluding steroid dienone is 5. The number of hydrogen-bond acceptors (Lipinski definition) is 7. The predicted octanol–water partition coefficient (Wildman–Crippen LogP) is 3.91. The van der Waals surface area contributed by atoms with Gasteiger partial charge in [0.05, 0.1) is 11.1 Å². The Labute approximate surface area is 142 Å². The van der Waals surface area contributed by atoms with E-state index >= 15 is 0 Å². The van der Waals surface area contributed by atoms with E-state index in [1.165, 1.54) is 46.6 Å². The lowest BCUT2D eigenvalue weighted by Gasteiger charge is -2.17. The van der Waals surface area contributed by atoms with Crippen LogP contribution < -0.4 is 0 Å². The Kier molecular flexibility index (Phi) is 5.19. The number of thioether (sulfide) groups is 1. The van der Waals surface area contributed by atoms with Gasteiger partial charge >= 0.3 is 0 Å². The molecule has 120 valence electrons. The number of aromatic hydroxyl groups is 1. The molecule has 3 rings (SSSR count). The van der Waals surface area contributed by atoms with Crippen LogP contribution in [-0.2, 0) is 14.3 Å². The first-order chi connectivity index (χ1) is 11.2. The molecule has 0 saturated carbocycles. The van der Waals surface area contributed by atoms with Crippen molar-refractivity contribution in [2.45, 2.75) is 23.6 Å². The molecule has 1 aliphatic carbocycles. The molecule has 5 nitrogen and oxygen atoms in total. The van der Waals surface area contributed by atoms with Gasteiger partial charge in [0, 0.05) is 6.42 Å². The van der Waals surface area contributed by atoms with Crippen molar-refractivity contribution in [3.8, 4) is 5.88 Å². The molecule has 0 spiro atoms. The van der Waals surface area contributed by atoms with Gasteiger partial charge < -0.3 is 14.6 Å². The van der Waals surface area contributed by atoms with Crippen LogP contribution in [0.25, 0.3) is 0 Å². The molecule has 0 bridgehead atoms. The Balaban J connectivity index is 1.52. The highest BCUT2D eigenvalue weighted by Gasteiger charge is 2.19. The summed E-state index contributed by atoms with van der Waals surface area (Å²) < 4.78 is 11.5. The topological polar surface area (TPSA) is 68.7 Å². The molecule has 0 unspecified atom stereocenters. The third-order valence-electron chi connectivity index (χ3n) is 3.19. The average Bonchev–Trinajstić information content (AvgIpc) is 2.99. The zero-order chi connectivity index (χ0) is 16.1. The minimum absolute atomic E-state index is 0.0264. The number of rotatable bonds is 6. The van der Waals surface area contributed by atoms with E-state index in [0.717, 1.165) is 12.8 Å². The second-order valence-electron chi connectivity index (χ2n) is 4.96. The molecule has 1 N–H and O–H groups in total. The number of Topliss-reactive ketones (excluding diaryl/α,β-unsaturated/α-hetero) is 1. The van der Waals surface area contributed by atoms with Crippen molar-refractivity contribution >= 4 is 28.9 Å². The van der Waals surface area contributed by atoms with Crippen molar-refractivity contribution < 1.29 is 19.4 Å². The molecule has 23 heavy (non-hydrogen) atoms. The smallest absolute Gasteiger partial charge is 0.222 e. The summed E-state index contributed by atoms with van der Waals surface area (Å²) in [5.41, 5.74) is 1.25. The summed E-state index contributed by atoms with van der Waals surface area (Å²) in [6, 6.07) is 0. The van der Waals surface area contributed by atoms with E-state index in [1.807, 2.05) is 6.08 Å². The molecular weight excluding hydrogens is 334 g/mol. The maximum absolute atomic E-state index is 12.2. The molecule has 0 fully saturated rings.